The highest BCUT2D eigenvalue weighted by atomic mass is 16.1. The van der Waals surface area contributed by atoms with E-state index in [9.17, 15) is 4.79 Å². The minimum Gasteiger partial charge on any atom is -0.290 e. The topological polar surface area (TPSA) is 44.7 Å². The van der Waals surface area contributed by atoms with Gasteiger partial charge in [-0.2, -0.15) is 0 Å². The van der Waals surface area contributed by atoms with E-state index in [-0.39, 0.29) is 5.91 Å². The van der Waals surface area contributed by atoms with Crippen molar-refractivity contribution in [1.82, 2.24) is 0 Å². The predicted molar refractivity (Wildman–Crippen MR) is 59.1 cm³/mol. The van der Waals surface area contributed by atoms with Gasteiger partial charge in [-0.3, -0.25) is 5.73 Å². The Kier molecular flexibility index (Phi) is 2.61. The molecule has 2 nitrogen and oxygen atoms in total. The molecular formula is C13H12NO+. The summed E-state index contributed by atoms with van der Waals surface area (Å²) in [5.74, 6) is -0.144. The van der Waals surface area contributed by atoms with Crippen LogP contribution in [0.3, 0.4) is 0 Å². The van der Waals surface area contributed by atoms with Crippen molar-refractivity contribution in [3.63, 3.8) is 0 Å². The van der Waals surface area contributed by atoms with Gasteiger partial charge >= 0.3 is 5.91 Å². The molecule has 2 aromatic rings. The molecule has 0 radical (unpaired) electrons. The van der Waals surface area contributed by atoms with Gasteiger partial charge in [0.05, 0.1) is 5.56 Å². The summed E-state index contributed by atoms with van der Waals surface area (Å²) in [4.78, 5) is 11.0. The standard InChI is InChI=1S/C13H11NO/c14-13(15)12-8-6-11(7-9-12)10-4-2-1-3-5-10/h1-9H,(H2,14,15)/p+1. The average molecular weight is 198 g/mol. The third-order valence-corrected chi connectivity index (χ3v) is 2.31. The normalized spacial score (nSPS) is 9.93. The molecule has 0 heterocycles. The summed E-state index contributed by atoms with van der Waals surface area (Å²) in [7, 11) is 0. The van der Waals surface area contributed by atoms with Crippen LogP contribution in [0.25, 0.3) is 11.1 Å². The summed E-state index contributed by atoms with van der Waals surface area (Å²) in [6.45, 7) is 0. The van der Waals surface area contributed by atoms with E-state index >= 15 is 0 Å². The van der Waals surface area contributed by atoms with Crippen LogP contribution in [0.4, 0.5) is 0 Å². The number of hydrogen-bond donors (Lipinski definition) is 1. The zero-order valence-electron chi connectivity index (χ0n) is 8.31. The van der Waals surface area contributed by atoms with Gasteiger partial charge in [0.15, 0.2) is 0 Å². The van der Waals surface area contributed by atoms with Crippen LogP contribution in [0.15, 0.2) is 54.6 Å². The van der Waals surface area contributed by atoms with E-state index < -0.39 is 0 Å². The largest absolute Gasteiger partial charge is 0.340 e. The maximum Gasteiger partial charge on any atom is 0.340 e. The number of carbonyl (C=O) groups is 1. The zero-order chi connectivity index (χ0) is 10.7. The van der Waals surface area contributed by atoms with Crippen molar-refractivity contribution < 1.29 is 10.5 Å². The van der Waals surface area contributed by atoms with Gasteiger partial charge in [-0.15, -0.1) is 0 Å². The molecule has 1 amide bonds. The molecule has 0 saturated carbocycles. The minimum absolute atomic E-state index is 0.144. The lowest BCUT2D eigenvalue weighted by Crippen LogP contribution is -2.56. The Labute approximate surface area is 88.4 Å². The Morgan fingerprint density at radius 2 is 1.33 bits per heavy atom. The molecule has 2 heteroatoms. The van der Waals surface area contributed by atoms with Crippen LogP contribution in [0, 0.1) is 0 Å². The van der Waals surface area contributed by atoms with Crippen LogP contribution in [-0.2, 0) is 0 Å². The van der Waals surface area contributed by atoms with Crippen molar-refractivity contribution in [3.05, 3.63) is 60.2 Å². The maximum atomic E-state index is 11.0. The fourth-order valence-electron chi connectivity index (χ4n) is 1.48. The first kappa shape index (κ1) is 9.62. The second-order valence-corrected chi connectivity index (χ2v) is 3.37. The number of rotatable bonds is 2. The van der Waals surface area contributed by atoms with Crippen molar-refractivity contribution in [2.45, 2.75) is 0 Å². The second-order valence-electron chi connectivity index (χ2n) is 3.37. The van der Waals surface area contributed by atoms with Crippen LogP contribution in [0.1, 0.15) is 10.4 Å². The van der Waals surface area contributed by atoms with Gasteiger partial charge in [-0.1, -0.05) is 42.5 Å². The van der Waals surface area contributed by atoms with Gasteiger partial charge < -0.3 is 0 Å². The van der Waals surface area contributed by atoms with E-state index in [1.54, 1.807) is 12.1 Å². The molecule has 0 aliphatic heterocycles. The van der Waals surface area contributed by atoms with Gasteiger partial charge in [0.2, 0.25) is 0 Å². The van der Waals surface area contributed by atoms with Crippen LogP contribution in [0.2, 0.25) is 0 Å². The molecule has 2 rings (SSSR count). The summed E-state index contributed by atoms with van der Waals surface area (Å²) in [5, 5.41) is 0. The fourth-order valence-corrected chi connectivity index (χ4v) is 1.48. The van der Waals surface area contributed by atoms with E-state index in [1.807, 2.05) is 42.5 Å². The van der Waals surface area contributed by atoms with Crippen molar-refractivity contribution >= 4 is 5.91 Å². The summed E-state index contributed by atoms with van der Waals surface area (Å²) in [6, 6.07) is 17.5. The lowest BCUT2D eigenvalue weighted by Gasteiger charge is -2.00. The third kappa shape index (κ3) is 2.11. The van der Waals surface area contributed by atoms with Gasteiger partial charge in [0.1, 0.15) is 0 Å². The number of quaternary nitrogens is 1. The highest BCUT2D eigenvalue weighted by Gasteiger charge is 2.03. The molecule has 0 spiro atoms. The summed E-state index contributed by atoms with van der Waals surface area (Å²) in [6.07, 6.45) is 0. The monoisotopic (exact) mass is 198 g/mol. The smallest absolute Gasteiger partial charge is 0.290 e. The molecule has 0 fully saturated rings. The van der Waals surface area contributed by atoms with Crippen LogP contribution >= 0.6 is 0 Å². The lowest BCUT2D eigenvalue weighted by molar-refractivity contribution is -0.255. The van der Waals surface area contributed by atoms with Crippen molar-refractivity contribution in [1.29, 1.82) is 0 Å². The van der Waals surface area contributed by atoms with Crippen molar-refractivity contribution in [2.24, 2.45) is 0 Å². The second kappa shape index (κ2) is 4.07. The zero-order valence-corrected chi connectivity index (χ0v) is 8.31. The van der Waals surface area contributed by atoms with Gasteiger partial charge in [-0.25, -0.2) is 4.79 Å². The number of benzene rings is 2. The van der Waals surface area contributed by atoms with Crippen molar-refractivity contribution in [2.75, 3.05) is 0 Å². The Bertz CT molecular complexity index is 460. The number of amides is 1. The average Bonchev–Trinajstić information content (AvgIpc) is 2.30. The molecule has 15 heavy (non-hydrogen) atoms. The van der Waals surface area contributed by atoms with Gasteiger partial charge in [0, 0.05) is 0 Å². The first-order chi connectivity index (χ1) is 7.27. The highest BCUT2D eigenvalue weighted by molar-refractivity contribution is 5.86. The number of carbonyl (C=O) groups excluding carboxylic acids is 1. The van der Waals surface area contributed by atoms with E-state index in [4.69, 9.17) is 0 Å². The molecule has 74 valence electrons. The predicted octanol–water partition coefficient (Wildman–Crippen LogP) is 1.74. The molecule has 3 N–H and O–H groups in total. The van der Waals surface area contributed by atoms with E-state index in [0.29, 0.717) is 5.56 Å². The van der Waals surface area contributed by atoms with Crippen LogP contribution in [0.5, 0.6) is 0 Å². The van der Waals surface area contributed by atoms with E-state index in [2.05, 4.69) is 5.73 Å². The highest BCUT2D eigenvalue weighted by Crippen LogP contribution is 2.18. The molecule has 0 aliphatic carbocycles. The van der Waals surface area contributed by atoms with E-state index in [0.717, 1.165) is 11.1 Å². The molecule has 0 atom stereocenters. The summed E-state index contributed by atoms with van der Waals surface area (Å²) < 4.78 is 0. The Hall–Kier alpha value is -1.93. The van der Waals surface area contributed by atoms with E-state index in [1.165, 1.54) is 0 Å². The minimum atomic E-state index is -0.144. The maximum absolute atomic E-state index is 11.0. The van der Waals surface area contributed by atoms with Gasteiger partial charge in [-0.05, 0) is 23.3 Å². The summed E-state index contributed by atoms with van der Waals surface area (Å²) in [5.41, 5.74) is 6.29. The molecule has 0 bridgehead atoms. The van der Waals surface area contributed by atoms with Crippen LogP contribution < -0.4 is 5.73 Å². The quantitative estimate of drug-likeness (QED) is 0.784. The SMILES string of the molecule is [NH3+]C(=O)c1ccc(-c2ccccc2)cc1. The Morgan fingerprint density at radius 1 is 0.800 bits per heavy atom. The third-order valence-electron chi connectivity index (χ3n) is 2.31. The first-order valence-electron chi connectivity index (χ1n) is 4.79. The molecule has 0 aromatic heterocycles. The molecule has 0 unspecified atom stereocenters. The van der Waals surface area contributed by atoms with Crippen LogP contribution in [-0.4, -0.2) is 5.91 Å². The molecular weight excluding hydrogens is 186 g/mol. The molecule has 0 aliphatic rings. The fraction of sp³-hybridized carbons (Fsp3) is 0. The first-order valence-corrected chi connectivity index (χ1v) is 4.79. The number of hydrogen-bond acceptors (Lipinski definition) is 1. The molecule has 2 aromatic carbocycles. The van der Waals surface area contributed by atoms with Gasteiger partial charge in [0.25, 0.3) is 0 Å². The van der Waals surface area contributed by atoms with Crippen molar-refractivity contribution in [3.8, 4) is 11.1 Å². The Morgan fingerprint density at radius 3 is 1.87 bits per heavy atom. The molecule has 0 saturated heterocycles. The lowest BCUT2D eigenvalue weighted by atomic mass is 10.0. The Balaban J connectivity index is 2.36. The summed E-state index contributed by atoms with van der Waals surface area (Å²) >= 11 is 0.